The molecule has 0 aliphatic carbocycles. The highest BCUT2D eigenvalue weighted by Gasteiger charge is 2.35. The Balaban J connectivity index is 1.40. The van der Waals surface area contributed by atoms with Crippen LogP contribution in [0.5, 0.6) is 0 Å². The summed E-state index contributed by atoms with van der Waals surface area (Å²) >= 11 is 62.2. The highest BCUT2D eigenvalue weighted by atomic mass is 35.5. The first-order valence-corrected chi connectivity index (χ1v) is 22.0. The quantitative estimate of drug-likeness (QED) is 0.223. The zero-order valence-corrected chi connectivity index (χ0v) is 34.6. The van der Waals surface area contributed by atoms with Crippen LogP contribution in [-0.4, -0.2) is 39.9 Å². The van der Waals surface area contributed by atoms with Gasteiger partial charge in [0.2, 0.25) is 0 Å². The van der Waals surface area contributed by atoms with E-state index in [0.717, 1.165) is 0 Å². The van der Waals surface area contributed by atoms with Crippen molar-refractivity contribution in [1.29, 1.82) is 0 Å². The summed E-state index contributed by atoms with van der Waals surface area (Å²) < 4.78 is 3.17. The average molecular weight is 942 g/mol. The summed E-state index contributed by atoms with van der Waals surface area (Å²) in [6, 6.07) is 0. The van der Waals surface area contributed by atoms with Gasteiger partial charge in [-0.2, -0.15) is 0 Å². The summed E-state index contributed by atoms with van der Waals surface area (Å²) in [6.07, 6.45) is 0. The Morgan fingerprint density at radius 3 is 0.729 bits per heavy atom. The molecule has 0 unspecified atom stereocenters. The van der Waals surface area contributed by atoms with Crippen LogP contribution in [0.1, 0.15) is 23.3 Å². The molecule has 3 aromatic heterocycles. The van der Waals surface area contributed by atoms with E-state index in [1.54, 1.807) is 0 Å². The van der Waals surface area contributed by atoms with Gasteiger partial charge in [-0.15, -0.1) is 0 Å². The minimum Gasteiger partial charge on any atom is -0.323 e. The Morgan fingerprint density at radius 1 is 0.292 bits per heavy atom. The van der Waals surface area contributed by atoms with E-state index in [0.29, 0.717) is 120 Å². The molecule has 0 atom stereocenters. The van der Waals surface area contributed by atoms with Crippen molar-refractivity contribution in [3.63, 3.8) is 0 Å². The lowest BCUT2D eigenvalue weighted by atomic mass is 10.5. The summed E-state index contributed by atoms with van der Waals surface area (Å²) in [7, 11) is 0. The van der Waals surface area contributed by atoms with E-state index in [-0.39, 0.29) is 0 Å². The average Bonchev–Trinajstić information content (AvgIpc) is 3.74. The summed E-state index contributed by atoms with van der Waals surface area (Å²) in [5, 5.41) is 0. The molecule has 0 saturated heterocycles. The van der Waals surface area contributed by atoms with E-state index in [2.05, 4.69) is 9.97 Å². The molecule has 0 spiro atoms. The highest BCUT2D eigenvalue weighted by molar-refractivity contribution is 8.22. The lowest BCUT2D eigenvalue weighted by Gasteiger charge is -2.13. The number of nitrogens with one attached hydrogen (secondary N) is 2. The van der Waals surface area contributed by atoms with Gasteiger partial charge >= 0.3 is 0 Å². The Kier molecular flexibility index (Phi) is 9.30. The maximum Gasteiger partial charge on any atom is 0.172 e. The van der Waals surface area contributed by atoms with Crippen LogP contribution in [0, 0.1) is 0 Å². The van der Waals surface area contributed by atoms with Crippen molar-refractivity contribution < 1.29 is 0 Å². The monoisotopic (exact) mass is 938 g/mol. The van der Waals surface area contributed by atoms with Gasteiger partial charge in [-0.1, -0.05) is 187 Å². The van der Waals surface area contributed by atoms with E-state index in [1.165, 1.54) is 94.1 Å². The number of hydrogen-bond acceptors (Lipinski definition) is 14. The zero-order valence-electron chi connectivity index (χ0n) is 22.0. The second-order valence-electron chi connectivity index (χ2n) is 9.25. The number of aromatic nitrogens is 8. The van der Waals surface area contributed by atoms with Gasteiger partial charge in [0, 0.05) is 0 Å². The van der Waals surface area contributed by atoms with Crippen molar-refractivity contribution in [2.75, 3.05) is 0 Å². The van der Waals surface area contributed by atoms with Crippen molar-refractivity contribution in [3.05, 3.63) is 58.2 Å². The van der Waals surface area contributed by atoms with Gasteiger partial charge in [0.25, 0.3) is 0 Å². The van der Waals surface area contributed by atoms with Crippen LogP contribution >= 0.6 is 187 Å². The van der Waals surface area contributed by atoms with Crippen LogP contribution in [0.3, 0.4) is 0 Å². The van der Waals surface area contributed by atoms with E-state index in [1.807, 2.05) is 0 Å². The summed E-state index contributed by atoms with van der Waals surface area (Å²) in [5.74, 6) is 1.47. The standard InChI is InChI=1S/C24H2Cl8N8S8/c25-9-10(26)42-2-1(41-9)17-33-18(2)38-20-5-6(46-14(30)13(29)45-5)22(35-20)40-24-8-7(47-15(31)16(32)48-8)23(36-24)39-21-4-3(19(34-21)37-17)43-11(27)12(28)44-4/h(H2,33,34,35,36,37,38,39,40). The molecular weight excluding hydrogens is 940 g/mol. The van der Waals surface area contributed by atoms with Gasteiger partial charge in [-0.25, -0.2) is 29.9 Å². The SMILES string of the molecule is ClC1=C(Cl)SC2=C(S1)c1nc2nc2[nH]c(nc3nc(nc4[nH]c(n1)c1c4SC(Cl)=C(Cl)S1)C1=C3SC(Cl)=C(Cl)S1)c1c2SC(Cl)=C(Cl)S1. The molecule has 24 heteroatoms. The van der Waals surface area contributed by atoms with Crippen molar-refractivity contribution >= 4 is 229 Å². The summed E-state index contributed by atoms with van der Waals surface area (Å²) in [4.78, 5) is 41.9. The molecule has 6 aliphatic rings. The summed E-state index contributed by atoms with van der Waals surface area (Å²) in [5.41, 5.74) is 1.82. The van der Waals surface area contributed by atoms with E-state index in [4.69, 9.17) is 123 Å². The maximum atomic E-state index is 6.52. The topological polar surface area (TPSA) is 109 Å². The third kappa shape index (κ3) is 5.80. The molecule has 8 nitrogen and oxygen atoms in total. The second kappa shape index (κ2) is 13.1. The van der Waals surface area contributed by atoms with Gasteiger partial charge in [0.05, 0.1) is 39.2 Å². The first-order valence-electron chi connectivity index (χ1n) is 12.5. The fourth-order valence-electron chi connectivity index (χ4n) is 4.52. The number of nitrogens with zero attached hydrogens (tertiary/aromatic N) is 6. The first kappa shape index (κ1) is 34.2. The number of H-pyrrole nitrogens is 2. The van der Waals surface area contributed by atoms with E-state index >= 15 is 0 Å². The minimum atomic E-state index is 0.367. The molecule has 0 amide bonds. The number of fused-ring (bicyclic) bond motifs is 18. The molecule has 0 fully saturated rings. The van der Waals surface area contributed by atoms with Gasteiger partial charge < -0.3 is 9.97 Å². The fraction of sp³-hybridized carbons (Fsp3) is 0. The van der Waals surface area contributed by atoms with Crippen LogP contribution in [0.15, 0.2) is 54.5 Å². The van der Waals surface area contributed by atoms with Gasteiger partial charge in [-0.3, -0.25) is 0 Å². The van der Waals surface area contributed by atoms with Crippen LogP contribution in [0.4, 0.5) is 0 Å². The van der Waals surface area contributed by atoms with Gasteiger partial charge in [0.15, 0.2) is 23.3 Å². The largest absolute Gasteiger partial charge is 0.323 e. The van der Waals surface area contributed by atoms with Crippen LogP contribution in [0.2, 0.25) is 0 Å². The molecule has 9 heterocycles. The third-order valence-corrected chi connectivity index (χ3v) is 19.9. The minimum absolute atomic E-state index is 0.367. The molecule has 0 radical (unpaired) electrons. The van der Waals surface area contributed by atoms with Gasteiger partial charge in [-0.05, 0) is 0 Å². The van der Waals surface area contributed by atoms with Crippen LogP contribution < -0.4 is 0 Å². The number of thioether (sulfide) groups is 8. The molecule has 0 saturated carbocycles. The predicted octanol–water partition coefficient (Wildman–Crippen LogP) is 13.3. The van der Waals surface area contributed by atoms with Crippen molar-refractivity contribution in [3.8, 4) is 0 Å². The molecule has 9 rings (SSSR count). The Bertz CT molecular complexity index is 2150. The normalized spacial score (nSPS) is 19.3. The second-order valence-corrected chi connectivity index (χ2v) is 22.2. The van der Waals surface area contributed by atoms with E-state index < -0.39 is 0 Å². The smallest absolute Gasteiger partial charge is 0.172 e. The molecule has 6 aliphatic heterocycles. The molecule has 2 N–H and O–H groups in total. The number of halogens is 8. The Morgan fingerprint density at radius 2 is 0.500 bits per heavy atom. The lowest BCUT2D eigenvalue weighted by Crippen LogP contribution is -1.89. The fourth-order valence-corrected chi connectivity index (χ4v) is 14.4. The van der Waals surface area contributed by atoms with Gasteiger partial charge in [0.1, 0.15) is 57.5 Å². The molecule has 3 aromatic rings. The Hall–Kier alpha value is 0.400. The van der Waals surface area contributed by atoms with Crippen LogP contribution in [0.25, 0.3) is 42.2 Å². The van der Waals surface area contributed by atoms with Crippen molar-refractivity contribution in [2.24, 2.45) is 0 Å². The molecule has 0 aromatic carbocycles. The number of hydrogen-bond donors (Lipinski definition) is 2. The maximum absolute atomic E-state index is 6.52. The van der Waals surface area contributed by atoms with Crippen molar-refractivity contribution in [2.45, 2.75) is 19.6 Å². The number of rotatable bonds is 0. The molecule has 242 valence electrons. The lowest BCUT2D eigenvalue weighted by molar-refractivity contribution is 1.10. The predicted molar refractivity (Wildman–Crippen MR) is 215 cm³/mol. The zero-order chi connectivity index (χ0) is 33.2. The van der Waals surface area contributed by atoms with E-state index in [9.17, 15) is 0 Å². The molecule has 8 bridgehead atoms. The Labute approximate surface area is 342 Å². The molecule has 48 heavy (non-hydrogen) atoms. The number of aromatic amines is 2. The molecular formula is C24H2Cl8N8S8. The highest BCUT2D eigenvalue weighted by Crippen LogP contribution is 2.59. The summed E-state index contributed by atoms with van der Waals surface area (Å²) in [6.45, 7) is 0. The first-order chi connectivity index (χ1) is 23.0. The van der Waals surface area contributed by atoms with Crippen LogP contribution in [-0.2, 0) is 0 Å². The third-order valence-electron chi connectivity index (χ3n) is 6.42. The van der Waals surface area contributed by atoms with Crippen molar-refractivity contribution in [1.82, 2.24) is 39.9 Å².